The van der Waals surface area contributed by atoms with E-state index in [2.05, 4.69) is 0 Å². The molecule has 1 aromatic rings. The van der Waals surface area contributed by atoms with E-state index in [0.29, 0.717) is 5.69 Å². The van der Waals surface area contributed by atoms with E-state index in [1.165, 1.54) is 12.1 Å². The van der Waals surface area contributed by atoms with Gasteiger partial charge in [-0.2, -0.15) is 0 Å². The van der Waals surface area contributed by atoms with Gasteiger partial charge in [-0.3, -0.25) is 10.1 Å². The van der Waals surface area contributed by atoms with E-state index < -0.39 is 4.92 Å². The van der Waals surface area contributed by atoms with Crippen molar-refractivity contribution in [3.63, 3.8) is 0 Å². The molecule has 5 heteroatoms. The number of nitrogens with zero attached hydrogens (tertiary/aromatic N) is 1. The predicted molar refractivity (Wildman–Crippen MR) is 42.5 cm³/mol. The molecule has 0 heterocycles. The molecular formula is C6H9N3O2. The van der Waals surface area contributed by atoms with Crippen LogP contribution in [0.25, 0.3) is 0 Å². The molecule has 0 aromatic heterocycles. The molecule has 11 heavy (non-hydrogen) atoms. The van der Waals surface area contributed by atoms with Crippen molar-refractivity contribution in [2.75, 3.05) is 5.73 Å². The maximum absolute atomic E-state index is 10.1. The van der Waals surface area contributed by atoms with Gasteiger partial charge < -0.3 is 11.9 Å². The van der Waals surface area contributed by atoms with Gasteiger partial charge in [-0.1, -0.05) is 6.07 Å². The maximum atomic E-state index is 10.1. The highest BCUT2D eigenvalue weighted by Gasteiger charge is 2.02. The number of nitrogen functional groups attached to an aromatic ring is 1. The molecule has 0 radical (unpaired) electrons. The highest BCUT2D eigenvalue weighted by molar-refractivity contribution is 5.46. The Balaban J connectivity index is 0.000001000. The van der Waals surface area contributed by atoms with Gasteiger partial charge in [-0.25, -0.2) is 0 Å². The monoisotopic (exact) mass is 155 g/mol. The summed E-state index contributed by atoms with van der Waals surface area (Å²) in [6.45, 7) is 0. The van der Waals surface area contributed by atoms with Crippen molar-refractivity contribution < 1.29 is 4.92 Å². The fraction of sp³-hybridized carbons (Fsp3) is 0. The molecule has 0 bridgehead atoms. The van der Waals surface area contributed by atoms with E-state index in [9.17, 15) is 10.1 Å². The lowest BCUT2D eigenvalue weighted by Crippen LogP contribution is -1.89. The van der Waals surface area contributed by atoms with Gasteiger partial charge in [0.2, 0.25) is 0 Å². The van der Waals surface area contributed by atoms with Crippen molar-refractivity contribution >= 4 is 11.4 Å². The summed E-state index contributed by atoms with van der Waals surface area (Å²) >= 11 is 0. The first-order chi connectivity index (χ1) is 4.70. The maximum Gasteiger partial charge on any atom is 0.271 e. The Labute approximate surface area is 63.6 Å². The zero-order valence-corrected chi connectivity index (χ0v) is 5.86. The van der Waals surface area contributed by atoms with E-state index in [0.717, 1.165) is 0 Å². The van der Waals surface area contributed by atoms with Crippen LogP contribution in [0.4, 0.5) is 11.4 Å². The summed E-state index contributed by atoms with van der Waals surface area (Å²) in [4.78, 5) is 9.63. The van der Waals surface area contributed by atoms with E-state index in [4.69, 9.17) is 5.73 Å². The van der Waals surface area contributed by atoms with E-state index in [-0.39, 0.29) is 11.8 Å². The number of nitrogens with two attached hydrogens (primary N) is 1. The van der Waals surface area contributed by atoms with Crippen LogP contribution >= 0.6 is 0 Å². The van der Waals surface area contributed by atoms with Gasteiger partial charge in [0, 0.05) is 17.8 Å². The third-order valence-corrected chi connectivity index (χ3v) is 1.08. The van der Waals surface area contributed by atoms with Gasteiger partial charge in [-0.05, 0) is 6.07 Å². The standard InChI is InChI=1S/C6H6N2O2.H3N/c7-5-2-1-3-6(4-5)8(9)10;/h1-4H,7H2;1H3. The molecule has 1 rings (SSSR count). The molecule has 0 saturated carbocycles. The van der Waals surface area contributed by atoms with Crippen LogP contribution in [0.2, 0.25) is 0 Å². The number of anilines is 1. The van der Waals surface area contributed by atoms with Gasteiger partial charge in [0.15, 0.2) is 0 Å². The number of nitro groups is 1. The lowest BCUT2D eigenvalue weighted by molar-refractivity contribution is -0.384. The number of rotatable bonds is 1. The molecule has 0 aliphatic rings. The largest absolute Gasteiger partial charge is 0.399 e. The fourth-order valence-corrected chi connectivity index (χ4v) is 0.638. The molecular weight excluding hydrogens is 146 g/mol. The minimum Gasteiger partial charge on any atom is -0.399 e. The SMILES string of the molecule is N.Nc1cccc([N+](=O)[O-])c1. The topological polar surface area (TPSA) is 104 Å². The number of nitro benzene ring substituents is 1. The molecule has 5 N–H and O–H groups in total. The van der Waals surface area contributed by atoms with Crippen LogP contribution in [0, 0.1) is 10.1 Å². The van der Waals surface area contributed by atoms with Crippen LogP contribution in [0.1, 0.15) is 0 Å². The third-order valence-electron chi connectivity index (χ3n) is 1.08. The first kappa shape index (κ1) is 9.38. The average molecular weight is 155 g/mol. The summed E-state index contributed by atoms with van der Waals surface area (Å²) in [5.74, 6) is 0. The smallest absolute Gasteiger partial charge is 0.271 e. The second kappa shape index (κ2) is 3.52. The van der Waals surface area contributed by atoms with Crippen LogP contribution in [-0.4, -0.2) is 4.92 Å². The summed E-state index contributed by atoms with van der Waals surface area (Å²) in [6, 6.07) is 5.87. The zero-order valence-electron chi connectivity index (χ0n) is 5.86. The molecule has 0 spiro atoms. The highest BCUT2D eigenvalue weighted by atomic mass is 16.6. The lowest BCUT2D eigenvalue weighted by Gasteiger charge is -1.90. The average Bonchev–Trinajstić information content (AvgIpc) is 1.88. The second-order valence-corrected chi connectivity index (χ2v) is 1.85. The van der Waals surface area contributed by atoms with Crippen LogP contribution in [0.15, 0.2) is 24.3 Å². The van der Waals surface area contributed by atoms with Crippen LogP contribution < -0.4 is 11.9 Å². The number of hydrogen-bond acceptors (Lipinski definition) is 4. The zero-order chi connectivity index (χ0) is 7.56. The Bertz CT molecular complexity index is 262. The minimum absolute atomic E-state index is 0. The summed E-state index contributed by atoms with van der Waals surface area (Å²) in [7, 11) is 0. The number of non-ortho nitro benzene ring substituents is 1. The first-order valence-corrected chi connectivity index (χ1v) is 2.70. The molecule has 0 saturated heterocycles. The fourth-order valence-electron chi connectivity index (χ4n) is 0.638. The van der Waals surface area contributed by atoms with Crippen molar-refractivity contribution in [2.24, 2.45) is 0 Å². The van der Waals surface area contributed by atoms with E-state index in [1.54, 1.807) is 12.1 Å². The molecule has 0 fully saturated rings. The van der Waals surface area contributed by atoms with Crippen LogP contribution in [0.5, 0.6) is 0 Å². The summed E-state index contributed by atoms with van der Waals surface area (Å²) in [5, 5.41) is 10.1. The molecule has 1 aromatic carbocycles. The number of hydrogen-bond donors (Lipinski definition) is 2. The lowest BCUT2D eigenvalue weighted by atomic mass is 10.3. The van der Waals surface area contributed by atoms with Gasteiger partial charge in [0.1, 0.15) is 0 Å². The van der Waals surface area contributed by atoms with Crippen molar-refractivity contribution in [1.29, 1.82) is 0 Å². The Morgan fingerprint density at radius 2 is 2.09 bits per heavy atom. The third kappa shape index (κ3) is 2.23. The quantitative estimate of drug-likeness (QED) is 0.362. The van der Waals surface area contributed by atoms with Gasteiger partial charge in [0.05, 0.1) is 4.92 Å². The van der Waals surface area contributed by atoms with Crippen molar-refractivity contribution in [3.8, 4) is 0 Å². The van der Waals surface area contributed by atoms with Gasteiger partial charge in [-0.15, -0.1) is 0 Å². The molecule has 0 amide bonds. The second-order valence-electron chi connectivity index (χ2n) is 1.85. The Hall–Kier alpha value is -1.62. The molecule has 5 nitrogen and oxygen atoms in total. The first-order valence-electron chi connectivity index (χ1n) is 2.70. The van der Waals surface area contributed by atoms with Gasteiger partial charge in [0.25, 0.3) is 5.69 Å². The summed E-state index contributed by atoms with van der Waals surface area (Å²) < 4.78 is 0. The molecule has 60 valence electrons. The van der Waals surface area contributed by atoms with E-state index >= 15 is 0 Å². The van der Waals surface area contributed by atoms with Crippen molar-refractivity contribution in [3.05, 3.63) is 34.4 Å². The normalized spacial score (nSPS) is 8.36. The Morgan fingerprint density at radius 1 is 1.45 bits per heavy atom. The number of benzene rings is 1. The minimum atomic E-state index is -0.476. The Morgan fingerprint density at radius 3 is 2.45 bits per heavy atom. The Kier molecular flexibility index (Phi) is 3.01. The summed E-state index contributed by atoms with van der Waals surface area (Å²) in [5.41, 5.74) is 5.73. The van der Waals surface area contributed by atoms with Crippen molar-refractivity contribution in [1.82, 2.24) is 6.15 Å². The van der Waals surface area contributed by atoms with E-state index in [1.807, 2.05) is 0 Å². The molecule has 0 aliphatic carbocycles. The van der Waals surface area contributed by atoms with Crippen LogP contribution in [-0.2, 0) is 0 Å². The molecule has 0 atom stereocenters. The predicted octanol–water partition coefficient (Wildman–Crippen LogP) is 1.34. The summed E-state index contributed by atoms with van der Waals surface area (Å²) in [6.07, 6.45) is 0. The van der Waals surface area contributed by atoms with Crippen molar-refractivity contribution in [2.45, 2.75) is 0 Å². The van der Waals surface area contributed by atoms with Crippen LogP contribution in [0.3, 0.4) is 0 Å². The van der Waals surface area contributed by atoms with Gasteiger partial charge >= 0.3 is 0 Å². The highest BCUT2D eigenvalue weighted by Crippen LogP contribution is 2.13. The molecule has 0 aliphatic heterocycles. The molecule has 0 unspecified atom stereocenters.